The lowest BCUT2D eigenvalue weighted by molar-refractivity contribution is -0.120. The van der Waals surface area contributed by atoms with Crippen LogP contribution in [0.3, 0.4) is 0 Å². The Morgan fingerprint density at radius 2 is 1.83 bits per heavy atom. The van der Waals surface area contributed by atoms with Crippen LogP contribution in [0, 0.1) is 6.92 Å². The Hall–Kier alpha value is -2.82. The van der Waals surface area contributed by atoms with Crippen LogP contribution in [-0.4, -0.2) is 25.5 Å². The molecule has 23 heavy (non-hydrogen) atoms. The van der Waals surface area contributed by atoms with Crippen LogP contribution in [0.25, 0.3) is 0 Å². The molecular formula is C18H20N2O3. The molecule has 0 unspecified atom stereocenters. The van der Waals surface area contributed by atoms with Crippen molar-refractivity contribution in [3.63, 3.8) is 0 Å². The number of hydrogen-bond acceptors (Lipinski definition) is 3. The Morgan fingerprint density at radius 1 is 1.13 bits per heavy atom. The number of carbonyl (C=O) groups is 2. The van der Waals surface area contributed by atoms with Gasteiger partial charge in [0.15, 0.2) is 0 Å². The van der Waals surface area contributed by atoms with Gasteiger partial charge in [0.05, 0.1) is 12.8 Å². The Balaban J connectivity index is 2.21. The number of hydrogen-bond donors (Lipinski definition) is 1. The number of benzene rings is 2. The van der Waals surface area contributed by atoms with Gasteiger partial charge >= 0.3 is 0 Å². The minimum absolute atomic E-state index is 0.0793. The first-order chi connectivity index (χ1) is 11.0. The van der Waals surface area contributed by atoms with Crippen molar-refractivity contribution in [2.24, 2.45) is 0 Å². The third kappa shape index (κ3) is 4.32. The van der Waals surface area contributed by atoms with Gasteiger partial charge in [-0.25, -0.2) is 0 Å². The van der Waals surface area contributed by atoms with E-state index in [-0.39, 0.29) is 18.4 Å². The Kier molecular flexibility index (Phi) is 5.36. The number of anilines is 2. The SMILES string of the molecule is COc1ccc(C)cc1N(CC(=O)Nc1ccccc1)C(C)=O. The molecule has 2 aromatic carbocycles. The van der Waals surface area contributed by atoms with Crippen LogP contribution >= 0.6 is 0 Å². The van der Waals surface area contributed by atoms with E-state index in [0.717, 1.165) is 5.56 Å². The van der Waals surface area contributed by atoms with E-state index in [4.69, 9.17) is 4.74 Å². The van der Waals surface area contributed by atoms with Crippen molar-refractivity contribution in [2.45, 2.75) is 13.8 Å². The quantitative estimate of drug-likeness (QED) is 0.923. The molecule has 0 heterocycles. The molecule has 0 saturated heterocycles. The van der Waals surface area contributed by atoms with E-state index < -0.39 is 0 Å². The average molecular weight is 312 g/mol. The summed E-state index contributed by atoms with van der Waals surface area (Å²) < 4.78 is 5.31. The van der Waals surface area contributed by atoms with Gasteiger partial charge < -0.3 is 10.1 Å². The summed E-state index contributed by atoms with van der Waals surface area (Å²) in [7, 11) is 1.54. The summed E-state index contributed by atoms with van der Waals surface area (Å²) in [5.74, 6) is 0.0605. The summed E-state index contributed by atoms with van der Waals surface area (Å²) in [5, 5.41) is 2.78. The fraction of sp³-hybridized carbons (Fsp3) is 0.222. The maximum Gasteiger partial charge on any atom is 0.244 e. The molecule has 5 heteroatoms. The van der Waals surface area contributed by atoms with E-state index in [1.807, 2.05) is 37.3 Å². The molecule has 0 fully saturated rings. The van der Waals surface area contributed by atoms with Crippen LogP contribution in [0.2, 0.25) is 0 Å². The van der Waals surface area contributed by atoms with Crippen molar-refractivity contribution in [1.29, 1.82) is 0 Å². The summed E-state index contributed by atoms with van der Waals surface area (Å²) >= 11 is 0. The molecule has 1 N–H and O–H groups in total. The molecule has 0 saturated carbocycles. The van der Waals surface area contributed by atoms with Crippen molar-refractivity contribution >= 4 is 23.2 Å². The van der Waals surface area contributed by atoms with Crippen LogP contribution in [-0.2, 0) is 9.59 Å². The summed E-state index contributed by atoms with van der Waals surface area (Å²) in [6.07, 6.45) is 0. The molecule has 0 aromatic heterocycles. The Bertz CT molecular complexity index is 699. The molecule has 2 aromatic rings. The van der Waals surface area contributed by atoms with Gasteiger partial charge in [0.1, 0.15) is 12.3 Å². The van der Waals surface area contributed by atoms with Crippen LogP contribution in [0.4, 0.5) is 11.4 Å². The van der Waals surface area contributed by atoms with Gasteiger partial charge in [-0.3, -0.25) is 14.5 Å². The van der Waals surface area contributed by atoms with Gasteiger partial charge in [0, 0.05) is 12.6 Å². The van der Waals surface area contributed by atoms with E-state index in [2.05, 4.69) is 5.32 Å². The highest BCUT2D eigenvalue weighted by Crippen LogP contribution is 2.29. The summed E-state index contributed by atoms with van der Waals surface area (Å²) in [5.41, 5.74) is 2.26. The van der Waals surface area contributed by atoms with Gasteiger partial charge in [-0.05, 0) is 36.8 Å². The maximum atomic E-state index is 12.2. The second kappa shape index (κ2) is 7.45. The lowest BCUT2D eigenvalue weighted by Crippen LogP contribution is -2.37. The molecule has 5 nitrogen and oxygen atoms in total. The van der Waals surface area contributed by atoms with Crippen LogP contribution in [0.15, 0.2) is 48.5 Å². The minimum atomic E-state index is -0.269. The van der Waals surface area contributed by atoms with Crippen LogP contribution in [0.5, 0.6) is 5.75 Å². The van der Waals surface area contributed by atoms with Crippen molar-refractivity contribution in [1.82, 2.24) is 0 Å². The summed E-state index contributed by atoms with van der Waals surface area (Å²) in [6, 6.07) is 14.6. The summed E-state index contributed by atoms with van der Waals surface area (Å²) in [6.45, 7) is 3.27. The zero-order valence-electron chi connectivity index (χ0n) is 13.5. The third-order valence-electron chi connectivity index (χ3n) is 3.36. The number of nitrogens with zero attached hydrogens (tertiary/aromatic N) is 1. The van der Waals surface area contributed by atoms with E-state index in [1.165, 1.54) is 18.9 Å². The molecule has 0 radical (unpaired) electrons. The van der Waals surface area contributed by atoms with E-state index in [9.17, 15) is 9.59 Å². The van der Waals surface area contributed by atoms with Crippen LogP contribution in [0.1, 0.15) is 12.5 Å². The van der Waals surface area contributed by atoms with Crippen molar-refractivity contribution < 1.29 is 14.3 Å². The van der Waals surface area contributed by atoms with Gasteiger partial charge in [0.25, 0.3) is 0 Å². The maximum absolute atomic E-state index is 12.2. The Labute approximate surface area is 135 Å². The molecule has 0 bridgehead atoms. The topological polar surface area (TPSA) is 58.6 Å². The van der Waals surface area contributed by atoms with Crippen molar-refractivity contribution in [3.8, 4) is 5.75 Å². The normalized spacial score (nSPS) is 10.0. The highest BCUT2D eigenvalue weighted by atomic mass is 16.5. The number of nitrogens with one attached hydrogen (secondary N) is 1. The smallest absolute Gasteiger partial charge is 0.244 e. The van der Waals surface area contributed by atoms with E-state index in [1.54, 1.807) is 18.2 Å². The third-order valence-corrected chi connectivity index (χ3v) is 3.36. The zero-order chi connectivity index (χ0) is 16.8. The largest absolute Gasteiger partial charge is 0.495 e. The van der Waals surface area contributed by atoms with Crippen molar-refractivity contribution in [3.05, 3.63) is 54.1 Å². The number of ether oxygens (including phenoxy) is 1. The first-order valence-corrected chi connectivity index (χ1v) is 7.29. The minimum Gasteiger partial charge on any atom is -0.495 e. The van der Waals surface area contributed by atoms with Gasteiger partial charge in [-0.1, -0.05) is 24.3 Å². The fourth-order valence-electron chi connectivity index (χ4n) is 2.24. The van der Waals surface area contributed by atoms with Gasteiger partial charge in [-0.15, -0.1) is 0 Å². The highest BCUT2D eigenvalue weighted by molar-refractivity contribution is 6.02. The van der Waals surface area contributed by atoms with Crippen molar-refractivity contribution in [2.75, 3.05) is 23.9 Å². The lowest BCUT2D eigenvalue weighted by Gasteiger charge is -2.23. The molecule has 0 aliphatic rings. The molecule has 0 atom stereocenters. The molecule has 2 amide bonds. The molecule has 0 spiro atoms. The van der Waals surface area contributed by atoms with Crippen LogP contribution < -0.4 is 15.0 Å². The number of methoxy groups -OCH3 is 1. The average Bonchev–Trinajstić information content (AvgIpc) is 2.53. The van der Waals surface area contributed by atoms with Gasteiger partial charge in [0.2, 0.25) is 11.8 Å². The van der Waals surface area contributed by atoms with E-state index >= 15 is 0 Å². The monoisotopic (exact) mass is 312 g/mol. The predicted molar refractivity (Wildman–Crippen MR) is 90.8 cm³/mol. The molecule has 120 valence electrons. The number of rotatable bonds is 5. The predicted octanol–water partition coefficient (Wildman–Crippen LogP) is 3.00. The lowest BCUT2D eigenvalue weighted by atomic mass is 10.2. The second-order valence-corrected chi connectivity index (χ2v) is 5.19. The molecule has 0 aliphatic carbocycles. The molecule has 0 aliphatic heterocycles. The number of amides is 2. The zero-order valence-corrected chi connectivity index (χ0v) is 13.5. The number of aryl methyl sites for hydroxylation is 1. The summed E-state index contributed by atoms with van der Waals surface area (Å²) in [4.78, 5) is 25.6. The Morgan fingerprint density at radius 3 is 2.43 bits per heavy atom. The second-order valence-electron chi connectivity index (χ2n) is 5.19. The van der Waals surface area contributed by atoms with Gasteiger partial charge in [-0.2, -0.15) is 0 Å². The molecule has 2 rings (SSSR count). The molecular weight excluding hydrogens is 292 g/mol. The van der Waals surface area contributed by atoms with E-state index in [0.29, 0.717) is 17.1 Å². The standard InChI is InChI=1S/C18H20N2O3/c1-13-9-10-17(23-3)16(11-13)20(14(2)21)12-18(22)19-15-7-5-4-6-8-15/h4-11H,12H2,1-3H3,(H,19,22). The highest BCUT2D eigenvalue weighted by Gasteiger charge is 2.19. The number of para-hydroxylation sites is 1. The fourth-order valence-corrected chi connectivity index (χ4v) is 2.24. The number of carbonyl (C=O) groups excluding carboxylic acids is 2. The first-order valence-electron chi connectivity index (χ1n) is 7.29. The first kappa shape index (κ1) is 16.5.